The highest BCUT2D eigenvalue weighted by atomic mass is 14.2. The predicted molar refractivity (Wildman–Crippen MR) is 62.9 cm³/mol. The molecule has 0 nitrogen and oxygen atoms in total. The summed E-state index contributed by atoms with van der Waals surface area (Å²) < 4.78 is 0. The van der Waals surface area contributed by atoms with E-state index in [0.29, 0.717) is 5.92 Å². The van der Waals surface area contributed by atoms with Gasteiger partial charge in [-0.1, -0.05) is 32.0 Å². The molecule has 0 atom stereocenters. The minimum atomic E-state index is 0. The monoisotopic (exact) mass is 185 g/mol. The first-order chi connectivity index (χ1) is 6.29. The van der Waals surface area contributed by atoms with Crippen molar-refractivity contribution in [3.05, 3.63) is 34.9 Å². The largest absolute Gasteiger partial charge is 0.0617 e. The van der Waals surface area contributed by atoms with E-state index in [0.717, 1.165) is 0 Å². The lowest BCUT2D eigenvalue weighted by molar-refractivity contribution is 0.670. The molecule has 0 amide bonds. The van der Waals surface area contributed by atoms with Gasteiger partial charge in [0.15, 0.2) is 0 Å². The van der Waals surface area contributed by atoms with Gasteiger partial charge in [0.2, 0.25) is 0 Å². The lowest BCUT2D eigenvalue weighted by Gasteiger charge is -2.21. The fraction of sp³-hybridized carbons (Fsp3) is 0.538. The van der Waals surface area contributed by atoms with Crippen LogP contribution < -0.4 is 0 Å². The molecule has 0 N–H and O–H groups in total. The maximum Gasteiger partial charge on any atom is 0 e. The highest BCUT2D eigenvalue weighted by Crippen LogP contribution is 2.28. The molecule has 1 aromatic carbocycles. The maximum absolute atomic E-state index is 2.31. The van der Waals surface area contributed by atoms with Crippen LogP contribution in [0.15, 0.2) is 18.2 Å². The van der Waals surface area contributed by atoms with Gasteiger partial charge in [-0.2, -0.15) is 0 Å². The number of aryl methyl sites for hydroxylation is 1. The molecular formula is C13H18B. The molecule has 0 saturated carbocycles. The van der Waals surface area contributed by atoms with Crippen molar-refractivity contribution in [2.75, 3.05) is 0 Å². The van der Waals surface area contributed by atoms with Gasteiger partial charge >= 0.3 is 0 Å². The summed E-state index contributed by atoms with van der Waals surface area (Å²) in [5, 5.41) is 0. The molecule has 0 spiro atoms. The van der Waals surface area contributed by atoms with Crippen LogP contribution >= 0.6 is 0 Å². The average Bonchev–Trinajstić information content (AvgIpc) is 2.17. The number of benzene rings is 1. The van der Waals surface area contributed by atoms with E-state index in [4.69, 9.17) is 0 Å². The van der Waals surface area contributed by atoms with Gasteiger partial charge < -0.3 is 0 Å². The molecule has 3 radical (unpaired) electrons. The van der Waals surface area contributed by atoms with Crippen molar-refractivity contribution < 1.29 is 0 Å². The van der Waals surface area contributed by atoms with Crippen molar-refractivity contribution in [2.45, 2.75) is 45.4 Å². The molecular weight excluding hydrogens is 167 g/mol. The molecule has 73 valence electrons. The topological polar surface area (TPSA) is 0 Å². The predicted octanol–water partition coefficient (Wildman–Crippen LogP) is 3.31. The Balaban J connectivity index is 0.000000980. The van der Waals surface area contributed by atoms with Crippen LogP contribution in [0.25, 0.3) is 0 Å². The minimum Gasteiger partial charge on any atom is -0.0617 e. The van der Waals surface area contributed by atoms with Crippen LogP contribution in [0.2, 0.25) is 0 Å². The second-order valence-electron chi connectivity index (χ2n) is 4.35. The molecule has 1 aromatic rings. The van der Waals surface area contributed by atoms with Crippen molar-refractivity contribution in [3.8, 4) is 0 Å². The molecule has 0 aromatic heterocycles. The summed E-state index contributed by atoms with van der Waals surface area (Å²) in [6.07, 6.45) is 5.38. The number of rotatable bonds is 1. The van der Waals surface area contributed by atoms with Gasteiger partial charge in [-0.3, -0.25) is 0 Å². The molecule has 0 aliphatic heterocycles. The molecule has 0 bridgehead atoms. The smallest absolute Gasteiger partial charge is 0 e. The van der Waals surface area contributed by atoms with Crippen LogP contribution in [0.5, 0.6) is 0 Å². The normalized spacial score (nSPS) is 14.8. The van der Waals surface area contributed by atoms with E-state index in [-0.39, 0.29) is 8.41 Å². The highest BCUT2D eigenvalue weighted by Gasteiger charge is 2.13. The van der Waals surface area contributed by atoms with E-state index in [2.05, 4.69) is 32.0 Å². The quantitative estimate of drug-likeness (QED) is 0.589. The van der Waals surface area contributed by atoms with Crippen LogP contribution in [0.4, 0.5) is 0 Å². The summed E-state index contributed by atoms with van der Waals surface area (Å²) >= 11 is 0. The molecule has 2 rings (SSSR count). The van der Waals surface area contributed by atoms with Crippen LogP contribution in [-0.4, -0.2) is 8.41 Å². The fourth-order valence-corrected chi connectivity index (χ4v) is 2.35. The molecule has 0 unspecified atom stereocenters. The first-order valence-corrected chi connectivity index (χ1v) is 5.39. The molecule has 1 aliphatic rings. The Bertz CT molecular complexity index is 302. The molecule has 14 heavy (non-hydrogen) atoms. The first-order valence-electron chi connectivity index (χ1n) is 5.39. The first kappa shape index (κ1) is 11.4. The van der Waals surface area contributed by atoms with Crippen LogP contribution in [0, 0.1) is 0 Å². The SMILES string of the molecule is CC(C)c1cccc2c1CCCC2.[B]. The second kappa shape index (κ2) is 4.68. The average molecular weight is 185 g/mol. The van der Waals surface area contributed by atoms with Gasteiger partial charge in [0.1, 0.15) is 0 Å². The third-order valence-corrected chi connectivity index (χ3v) is 3.05. The van der Waals surface area contributed by atoms with Crippen molar-refractivity contribution in [1.29, 1.82) is 0 Å². The van der Waals surface area contributed by atoms with E-state index < -0.39 is 0 Å². The summed E-state index contributed by atoms with van der Waals surface area (Å²) in [5.74, 6) is 0.688. The molecule has 0 fully saturated rings. The standard InChI is InChI=1S/C13H18.B/c1-10(2)12-9-5-7-11-6-3-4-8-13(11)12;/h5,7,9-10H,3-4,6,8H2,1-2H3;. The Morgan fingerprint density at radius 2 is 1.79 bits per heavy atom. The fourth-order valence-electron chi connectivity index (χ4n) is 2.35. The van der Waals surface area contributed by atoms with Crippen molar-refractivity contribution in [3.63, 3.8) is 0 Å². The molecule has 1 heteroatoms. The molecule has 0 heterocycles. The summed E-state index contributed by atoms with van der Waals surface area (Å²) in [4.78, 5) is 0. The third kappa shape index (κ3) is 2.02. The molecule has 1 aliphatic carbocycles. The number of hydrogen-bond donors (Lipinski definition) is 0. The van der Waals surface area contributed by atoms with Crippen LogP contribution in [0.1, 0.15) is 49.3 Å². The summed E-state index contributed by atoms with van der Waals surface area (Å²) in [6.45, 7) is 4.59. The molecule has 0 saturated heterocycles. The second-order valence-corrected chi connectivity index (χ2v) is 4.35. The van der Waals surface area contributed by atoms with Crippen molar-refractivity contribution in [2.24, 2.45) is 0 Å². The maximum atomic E-state index is 2.31. The third-order valence-electron chi connectivity index (χ3n) is 3.05. The van der Waals surface area contributed by atoms with E-state index in [9.17, 15) is 0 Å². The van der Waals surface area contributed by atoms with E-state index in [1.54, 1.807) is 16.7 Å². The highest BCUT2D eigenvalue weighted by molar-refractivity contribution is 5.75. The van der Waals surface area contributed by atoms with E-state index in [1.807, 2.05) is 0 Å². The van der Waals surface area contributed by atoms with Crippen molar-refractivity contribution in [1.82, 2.24) is 0 Å². The zero-order valence-electron chi connectivity index (χ0n) is 9.22. The van der Waals surface area contributed by atoms with Crippen LogP contribution in [-0.2, 0) is 12.8 Å². The zero-order chi connectivity index (χ0) is 9.26. The Kier molecular flexibility index (Phi) is 3.80. The van der Waals surface area contributed by atoms with Crippen LogP contribution in [0.3, 0.4) is 0 Å². The van der Waals surface area contributed by atoms with Gasteiger partial charge in [0, 0.05) is 8.41 Å². The Morgan fingerprint density at radius 1 is 1.07 bits per heavy atom. The van der Waals surface area contributed by atoms with E-state index >= 15 is 0 Å². The summed E-state index contributed by atoms with van der Waals surface area (Å²) in [6, 6.07) is 6.83. The van der Waals surface area contributed by atoms with E-state index in [1.165, 1.54) is 25.7 Å². The lowest BCUT2D eigenvalue weighted by atomic mass is 9.85. The van der Waals surface area contributed by atoms with Crippen molar-refractivity contribution >= 4 is 8.41 Å². The van der Waals surface area contributed by atoms with Gasteiger partial charge in [0.25, 0.3) is 0 Å². The van der Waals surface area contributed by atoms with Gasteiger partial charge in [-0.25, -0.2) is 0 Å². The Morgan fingerprint density at radius 3 is 2.50 bits per heavy atom. The minimum absolute atomic E-state index is 0. The summed E-state index contributed by atoms with van der Waals surface area (Å²) in [7, 11) is 0. The summed E-state index contributed by atoms with van der Waals surface area (Å²) in [5.41, 5.74) is 4.85. The Hall–Kier alpha value is -0.715. The van der Waals surface area contributed by atoms with Gasteiger partial charge in [-0.05, 0) is 48.3 Å². The zero-order valence-corrected chi connectivity index (χ0v) is 9.22. The Labute approximate surface area is 89.3 Å². The van der Waals surface area contributed by atoms with Gasteiger partial charge in [0.05, 0.1) is 0 Å². The lowest BCUT2D eigenvalue weighted by Crippen LogP contribution is -2.06. The number of hydrogen-bond acceptors (Lipinski definition) is 0. The number of fused-ring (bicyclic) bond motifs is 1. The van der Waals surface area contributed by atoms with Gasteiger partial charge in [-0.15, -0.1) is 0 Å².